The Bertz CT molecular complexity index is 620. The van der Waals surface area contributed by atoms with E-state index < -0.39 is 17.6 Å². The molecule has 5 heteroatoms. The van der Waals surface area contributed by atoms with Crippen LogP contribution in [0.4, 0.5) is 8.78 Å². The lowest BCUT2D eigenvalue weighted by molar-refractivity contribution is -0.137. The molecule has 0 spiro atoms. The maximum absolute atomic E-state index is 13.2. The van der Waals surface area contributed by atoms with Crippen LogP contribution in [-0.4, -0.2) is 16.9 Å². The Morgan fingerprint density at radius 2 is 1.80 bits per heavy atom. The number of carboxylic acids is 1. The Balaban J connectivity index is 1.84. The number of carbonyl (C=O) groups is 2. The van der Waals surface area contributed by atoms with E-state index in [2.05, 4.69) is 0 Å². The van der Waals surface area contributed by atoms with Gasteiger partial charge in [0.2, 0.25) is 0 Å². The van der Waals surface area contributed by atoms with Gasteiger partial charge in [-0.15, -0.1) is 0 Å². The Labute approximate surface area is 146 Å². The molecule has 136 valence electrons. The fraction of sp³-hybridized carbons (Fsp3) is 0.500. The number of hydrogen-bond donors (Lipinski definition) is 1. The zero-order chi connectivity index (χ0) is 18.2. The van der Waals surface area contributed by atoms with E-state index in [0.29, 0.717) is 18.4 Å². The molecule has 1 aliphatic carbocycles. The van der Waals surface area contributed by atoms with Crippen LogP contribution in [0.25, 0.3) is 6.08 Å². The quantitative estimate of drug-likeness (QED) is 0.638. The zero-order valence-electron chi connectivity index (χ0n) is 14.2. The van der Waals surface area contributed by atoms with Crippen molar-refractivity contribution in [3.8, 4) is 0 Å². The lowest BCUT2D eigenvalue weighted by atomic mass is 9.89. The molecule has 0 saturated heterocycles. The van der Waals surface area contributed by atoms with Crippen LogP contribution in [0.5, 0.6) is 0 Å². The Morgan fingerprint density at radius 3 is 2.48 bits per heavy atom. The highest BCUT2D eigenvalue weighted by atomic mass is 19.1. The van der Waals surface area contributed by atoms with Crippen LogP contribution in [0.3, 0.4) is 0 Å². The van der Waals surface area contributed by atoms with Gasteiger partial charge >= 0.3 is 5.97 Å². The van der Waals surface area contributed by atoms with Crippen LogP contribution in [-0.2, 0) is 9.59 Å². The van der Waals surface area contributed by atoms with E-state index in [1.54, 1.807) is 6.08 Å². The van der Waals surface area contributed by atoms with Gasteiger partial charge in [0.15, 0.2) is 0 Å². The monoisotopic (exact) mass is 350 g/mol. The number of benzene rings is 1. The first-order valence-corrected chi connectivity index (χ1v) is 8.84. The smallest absolute Gasteiger partial charge is 0.303 e. The van der Waals surface area contributed by atoms with Crippen molar-refractivity contribution in [2.45, 2.75) is 51.4 Å². The van der Waals surface area contributed by atoms with Crippen molar-refractivity contribution >= 4 is 17.8 Å². The van der Waals surface area contributed by atoms with Crippen LogP contribution in [0.2, 0.25) is 0 Å². The van der Waals surface area contributed by atoms with Gasteiger partial charge < -0.3 is 5.11 Å². The molecular weight excluding hydrogens is 326 g/mol. The van der Waals surface area contributed by atoms with Gasteiger partial charge in [0, 0.05) is 24.8 Å². The minimum Gasteiger partial charge on any atom is -0.481 e. The van der Waals surface area contributed by atoms with Gasteiger partial charge in [-0.2, -0.15) is 0 Å². The Hall–Kier alpha value is -2.04. The number of hydrogen-bond acceptors (Lipinski definition) is 2. The highest BCUT2D eigenvalue weighted by Gasteiger charge is 2.32. The lowest BCUT2D eigenvalue weighted by Gasteiger charge is -2.14. The molecule has 1 saturated carbocycles. The molecule has 1 aliphatic rings. The first kappa shape index (κ1) is 19.3. The second-order valence-electron chi connectivity index (χ2n) is 6.68. The molecule has 0 heterocycles. The largest absolute Gasteiger partial charge is 0.481 e. The minimum absolute atomic E-state index is 0.0332. The highest BCUT2D eigenvalue weighted by Crippen LogP contribution is 2.34. The number of unbranched alkanes of at least 4 members (excludes halogenated alkanes) is 3. The Kier molecular flexibility index (Phi) is 7.29. The van der Waals surface area contributed by atoms with Crippen LogP contribution >= 0.6 is 0 Å². The standard InChI is InChI=1S/C20H24F2O3/c21-16-11-14(12-17(22)13-16)7-8-15-9-10-19(23)18(15)5-3-1-2-4-6-20(24)25/h7-8,11-13,15,18H,1-6,9-10H2,(H,24,25)/b8-7+. The summed E-state index contributed by atoms with van der Waals surface area (Å²) in [5.41, 5.74) is 0.462. The fourth-order valence-electron chi connectivity index (χ4n) is 3.44. The molecule has 3 nitrogen and oxygen atoms in total. The van der Waals surface area contributed by atoms with Crippen molar-refractivity contribution in [1.82, 2.24) is 0 Å². The number of rotatable bonds is 9. The average Bonchev–Trinajstić information content (AvgIpc) is 2.88. The summed E-state index contributed by atoms with van der Waals surface area (Å²) in [7, 11) is 0. The van der Waals surface area contributed by atoms with Gasteiger partial charge in [0.25, 0.3) is 0 Å². The number of Topliss-reactive ketones (excluding diaryl/α,β-unsaturated/α-hetero) is 1. The van der Waals surface area contributed by atoms with Gasteiger partial charge in [-0.05, 0) is 42.9 Å². The molecule has 0 radical (unpaired) electrons. The number of allylic oxidation sites excluding steroid dienone is 1. The van der Waals surface area contributed by atoms with Gasteiger partial charge in [0.1, 0.15) is 17.4 Å². The Morgan fingerprint density at radius 1 is 1.12 bits per heavy atom. The predicted octanol–water partition coefficient (Wildman–Crippen LogP) is 5.00. The average molecular weight is 350 g/mol. The molecule has 1 N–H and O–H groups in total. The van der Waals surface area contributed by atoms with E-state index in [1.165, 1.54) is 12.1 Å². The van der Waals surface area contributed by atoms with Crippen molar-refractivity contribution in [2.24, 2.45) is 11.8 Å². The summed E-state index contributed by atoms with van der Waals surface area (Å²) in [5, 5.41) is 8.60. The van der Waals surface area contributed by atoms with Crippen LogP contribution in [0, 0.1) is 23.5 Å². The molecule has 1 aromatic carbocycles. The second kappa shape index (κ2) is 9.44. The third-order valence-electron chi connectivity index (χ3n) is 4.73. The van der Waals surface area contributed by atoms with Crippen LogP contribution in [0.15, 0.2) is 24.3 Å². The summed E-state index contributed by atoms with van der Waals surface area (Å²) in [6.07, 6.45) is 9.24. The zero-order valence-corrected chi connectivity index (χ0v) is 14.2. The fourth-order valence-corrected chi connectivity index (χ4v) is 3.44. The SMILES string of the molecule is O=C(O)CCCCCCC1C(=O)CCC1/C=C/c1cc(F)cc(F)c1. The summed E-state index contributed by atoms with van der Waals surface area (Å²) in [6.45, 7) is 0. The summed E-state index contributed by atoms with van der Waals surface area (Å²) in [5.74, 6) is -1.66. The predicted molar refractivity (Wildman–Crippen MR) is 92.0 cm³/mol. The van der Waals surface area contributed by atoms with Crippen LogP contribution in [0.1, 0.15) is 56.9 Å². The van der Waals surface area contributed by atoms with Gasteiger partial charge in [0.05, 0.1) is 0 Å². The number of carboxylic acid groups (broad SMARTS) is 1. The second-order valence-corrected chi connectivity index (χ2v) is 6.68. The van der Waals surface area contributed by atoms with E-state index in [-0.39, 0.29) is 24.0 Å². The molecular formula is C20H24F2O3. The number of aliphatic carboxylic acids is 1. The third kappa shape index (κ3) is 6.40. The summed E-state index contributed by atoms with van der Waals surface area (Å²) in [6, 6.07) is 3.38. The summed E-state index contributed by atoms with van der Waals surface area (Å²) in [4.78, 5) is 22.5. The number of carbonyl (C=O) groups excluding carboxylic acids is 1. The number of ketones is 1. The first-order valence-electron chi connectivity index (χ1n) is 8.84. The third-order valence-corrected chi connectivity index (χ3v) is 4.73. The normalized spacial score (nSPS) is 20.5. The molecule has 2 rings (SSSR count). The maximum Gasteiger partial charge on any atom is 0.303 e. The van der Waals surface area contributed by atoms with E-state index in [0.717, 1.165) is 38.2 Å². The highest BCUT2D eigenvalue weighted by molar-refractivity contribution is 5.83. The van der Waals surface area contributed by atoms with Crippen LogP contribution < -0.4 is 0 Å². The van der Waals surface area contributed by atoms with E-state index in [4.69, 9.17) is 5.11 Å². The van der Waals surface area contributed by atoms with Crippen molar-refractivity contribution in [3.05, 3.63) is 41.5 Å². The van der Waals surface area contributed by atoms with Gasteiger partial charge in [-0.1, -0.05) is 31.4 Å². The van der Waals surface area contributed by atoms with Crippen molar-refractivity contribution in [2.75, 3.05) is 0 Å². The molecule has 25 heavy (non-hydrogen) atoms. The summed E-state index contributed by atoms with van der Waals surface area (Å²) >= 11 is 0. The molecule has 0 bridgehead atoms. The van der Waals surface area contributed by atoms with Gasteiger partial charge in [-0.3, -0.25) is 9.59 Å². The molecule has 0 aromatic heterocycles. The molecule has 1 aromatic rings. The molecule has 0 amide bonds. The topological polar surface area (TPSA) is 54.4 Å². The van der Waals surface area contributed by atoms with Crippen molar-refractivity contribution < 1.29 is 23.5 Å². The van der Waals surface area contributed by atoms with E-state index in [1.807, 2.05) is 6.08 Å². The molecule has 2 atom stereocenters. The molecule has 0 aliphatic heterocycles. The maximum atomic E-state index is 13.2. The van der Waals surface area contributed by atoms with Crippen molar-refractivity contribution in [1.29, 1.82) is 0 Å². The van der Waals surface area contributed by atoms with Gasteiger partial charge in [-0.25, -0.2) is 8.78 Å². The van der Waals surface area contributed by atoms with E-state index in [9.17, 15) is 18.4 Å². The lowest BCUT2D eigenvalue weighted by Crippen LogP contribution is -2.13. The minimum atomic E-state index is -0.773. The summed E-state index contributed by atoms with van der Waals surface area (Å²) < 4.78 is 26.4. The number of halogens is 2. The molecule has 2 unspecified atom stereocenters. The van der Waals surface area contributed by atoms with E-state index >= 15 is 0 Å². The first-order chi connectivity index (χ1) is 12.0. The molecule has 1 fully saturated rings. The van der Waals surface area contributed by atoms with Crippen molar-refractivity contribution in [3.63, 3.8) is 0 Å².